The minimum atomic E-state index is -0.905. The van der Waals surface area contributed by atoms with Crippen LogP contribution in [0.1, 0.15) is 25.7 Å². The Bertz CT molecular complexity index is 647. The van der Waals surface area contributed by atoms with Gasteiger partial charge in [-0.25, -0.2) is 4.79 Å². The molecule has 0 spiro atoms. The smallest absolute Gasteiger partial charge is 0.330 e. The van der Waals surface area contributed by atoms with E-state index in [0.717, 1.165) is 36.1 Å². The third-order valence-corrected chi connectivity index (χ3v) is 3.65. The molecule has 0 bridgehead atoms. The van der Waals surface area contributed by atoms with Gasteiger partial charge < -0.3 is 9.84 Å². The molecular weight excluding hydrogens is 288 g/mol. The Kier molecular flexibility index (Phi) is 6.42. The summed E-state index contributed by atoms with van der Waals surface area (Å²) in [7, 11) is 0. The zero-order valence-corrected chi connectivity index (χ0v) is 13.2. The molecule has 0 unspecified atom stereocenters. The van der Waals surface area contributed by atoms with Gasteiger partial charge in [-0.15, -0.1) is 0 Å². The van der Waals surface area contributed by atoms with Crippen LogP contribution < -0.4 is 4.74 Å². The highest BCUT2D eigenvalue weighted by Gasteiger charge is 2.06. The van der Waals surface area contributed by atoms with Crippen LogP contribution in [0.25, 0.3) is 11.1 Å². The molecule has 0 aromatic heterocycles. The van der Waals surface area contributed by atoms with Crippen molar-refractivity contribution in [3.05, 3.63) is 66.7 Å². The number of rotatable bonds is 9. The predicted octanol–water partition coefficient (Wildman–Crippen LogP) is 4.93. The second-order valence-corrected chi connectivity index (χ2v) is 5.43. The lowest BCUT2D eigenvalue weighted by Crippen LogP contribution is -2.01. The first-order valence-electron chi connectivity index (χ1n) is 7.87. The molecule has 0 radical (unpaired) electrons. The first-order chi connectivity index (χ1) is 11.2. The largest absolute Gasteiger partial charge is 0.493 e. The summed E-state index contributed by atoms with van der Waals surface area (Å²) in [5.74, 6) is -0.0216. The summed E-state index contributed by atoms with van der Waals surface area (Å²) in [4.78, 5) is 10.7. The summed E-state index contributed by atoms with van der Waals surface area (Å²) < 4.78 is 5.91. The summed E-state index contributed by atoms with van der Waals surface area (Å²) >= 11 is 0. The zero-order chi connectivity index (χ0) is 16.5. The predicted molar refractivity (Wildman–Crippen MR) is 92.6 cm³/mol. The van der Waals surface area contributed by atoms with Gasteiger partial charge >= 0.3 is 5.97 Å². The number of carbonyl (C=O) groups is 1. The van der Waals surface area contributed by atoms with Gasteiger partial charge in [-0.3, -0.25) is 0 Å². The zero-order valence-electron chi connectivity index (χ0n) is 13.2. The maximum absolute atomic E-state index is 10.7. The Morgan fingerprint density at radius 2 is 1.65 bits per heavy atom. The van der Waals surface area contributed by atoms with E-state index in [1.165, 1.54) is 0 Å². The quantitative estimate of drug-likeness (QED) is 0.527. The molecule has 1 N–H and O–H groups in total. The van der Waals surface area contributed by atoms with E-state index >= 15 is 0 Å². The Balaban J connectivity index is 1.81. The van der Waals surface area contributed by atoms with Crippen LogP contribution in [0.5, 0.6) is 5.75 Å². The van der Waals surface area contributed by atoms with Gasteiger partial charge in [0.05, 0.1) is 6.61 Å². The number of carboxylic acid groups (broad SMARTS) is 1. The molecule has 0 aliphatic rings. The molecule has 0 amide bonds. The highest BCUT2D eigenvalue weighted by Crippen LogP contribution is 2.29. The van der Waals surface area contributed by atoms with Crippen molar-refractivity contribution in [3.8, 4) is 16.9 Å². The number of ether oxygens (including phenoxy) is 1. The van der Waals surface area contributed by atoms with Crippen molar-refractivity contribution in [1.82, 2.24) is 0 Å². The maximum atomic E-state index is 10.7. The van der Waals surface area contributed by atoms with E-state index in [2.05, 4.69) is 24.8 Å². The fraction of sp³-hybridized carbons (Fsp3) is 0.250. The van der Waals surface area contributed by atoms with Crippen molar-refractivity contribution in [2.75, 3.05) is 6.61 Å². The van der Waals surface area contributed by atoms with E-state index in [1.54, 1.807) is 0 Å². The van der Waals surface area contributed by atoms with Crippen LogP contribution in [-0.4, -0.2) is 17.7 Å². The standard InChI is InChI=1S/C20H22O3/c1-16(20(21)22)10-4-3-9-15-23-19-14-8-7-13-18(19)17-11-5-2-6-12-17/h2,5-8,11-14H,1,3-4,9-10,15H2,(H,21,22). The van der Waals surface area contributed by atoms with Gasteiger partial charge in [0, 0.05) is 11.1 Å². The number of hydrogen-bond acceptors (Lipinski definition) is 2. The van der Waals surface area contributed by atoms with Gasteiger partial charge in [-0.05, 0) is 37.3 Å². The van der Waals surface area contributed by atoms with Crippen LogP contribution in [-0.2, 0) is 4.79 Å². The van der Waals surface area contributed by atoms with Crippen LogP contribution in [0.15, 0.2) is 66.7 Å². The minimum Gasteiger partial charge on any atom is -0.493 e. The van der Waals surface area contributed by atoms with Crippen LogP contribution in [0, 0.1) is 0 Å². The molecule has 0 atom stereocenters. The lowest BCUT2D eigenvalue weighted by molar-refractivity contribution is -0.132. The molecule has 0 saturated heterocycles. The number of aliphatic carboxylic acids is 1. The van der Waals surface area contributed by atoms with Crippen LogP contribution in [0.4, 0.5) is 0 Å². The van der Waals surface area contributed by atoms with Gasteiger partial charge in [0.15, 0.2) is 0 Å². The van der Waals surface area contributed by atoms with Gasteiger partial charge in [-0.1, -0.05) is 55.1 Å². The maximum Gasteiger partial charge on any atom is 0.330 e. The average Bonchev–Trinajstić information content (AvgIpc) is 2.58. The van der Waals surface area contributed by atoms with E-state index in [1.807, 2.05) is 36.4 Å². The minimum absolute atomic E-state index is 0.278. The van der Waals surface area contributed by atoms with E-state index in [-0.39, 0.29) is 5.57 Å². The normalized spacial score (nSPS) is 10.3. The van der Waals surface area contributed by atoms with E-state index in [0.29, 0.717) is 13.0 Å². The molecule has 2 rings (SSSR count). The fourth-order valence-corrected chi connectivity index (χ4v) is 2.35. The van der Waals surface area contributed by atoms with E-state index < -0.39 is 5.97 Å². The first-order valence-corrected chi connectivity index (χ1v) is 7.87. The molecule has 0 aliphatic heterocycles. The number of para-hydroxylation sites is 1. The van der Waals surface area contributed by atoms with E-state index in [4.69, 9.17) is 9.84 Å². The second kappa shape index (κ2) is 8.79. The highest BCUT2D eigenvalue weighted by molar-refractivity contribution is 5.85. The molecule has 0 heterocycles. The Morgan fingerprint density at radius 3 is 2.39 bits per heavy atom. The van der Waals surface area contributed by atoms with Gasteiger partial charge in [-0.2, -0.15) is 0 Å². The van der Waals surface area contributed by atoms with Gasteiger partial charge in [0.1, 0.15) is 5.75 Å². The summed E-state index contributed by atoms with van der Waals surface area (Å²) in [6.45, 7) is 4.16. The number of hydrogen-bond donors (Lipinski definition) is 1. The van der Waals surface area contributed by atoms with Gasteiger partial charge in [0.25, 0.3) is 0 Å². The number of benzene rings is 2. The monoisotopic (exact) mass is 310 g/mol. The van der Waals surface area contributed by atoms with Crippen LogP contribution >= 0.6 is 0 Å². The molecule has 3 heteroatoms. The van der Waals surface area contributed by atoms with Crippen molar-refractivity contribution in [2.24, 2.45) is 0 Å². The molecule has 0 saturated carbocycles. The van der Waals surface area contributed by atoms with Crippen molar-refractivity contribution in [3.63, 3.8) is 0 Å². The molecule has 120 valence electrons. The molecule has 0 aliphatic carbocycles. The average molecular weight is 310 g/mol. The topological polar surface area (TPSA) is 46.5 Å². The third kappa shape index (κ3) is 5.29. The lowest BCUT2D eigenvalue weighted by Gasteiger charge is -2.11. The molecule has 0 fully saturated rings. The molecule has 2 aromatic carbocycles. The van der Waals surface area contributed by atoms with Gasteiger partial charge in [0.2, 0.25) is 0 Å². The Morgan fingerprint density at radius 1 is 0.957 bits per heavy atom. The van der Waals surface area contributed by atoms with Crippen molar-refractivity contribution in [2.45, 2.75) is 25.7 Å². The SMILES string of the molecule is C=C(CCCCCOc1ccccc1-c1ccccc1)C(=O)O. The van der Waals surface area contributed by atoms with Crippen LogP contribution in [0.2, 0.25) is 0 Å². The van der Waals surface area contributed by atoms with Crippen molar-refractivity contribution < 1.29 is 14.6 Å². The summed E-state index contributed by atoms with van der Waals surface area (Å²) in [6, 6.07) is 18.2. The van der Waals surface area contributed by atoms with E-state index in [9.17, 15) is 4.79 Å². The number of carboxylic acids is 1. The third-order valence-electron chi connectivity index (χ3n) is 3.65. The summed E-state index contributed by atoms with van der Waals surface area (Å²) in [5.41, 5.74) is 2.51. The number of unbranched alkanes of at least 4 members (excludes halogenated alkanes) is 2. The Hall–Kier alpha value is -2.55. The molecule has 23 heavy (non-hydrogen) atoms. The summed E-state index contributed by atoms with van der Waals surface area (Å²) in [5, 5.41) is 8.75. The van der Waals surface area contributed by atoms with Crippen molar-refractivity contribution >= 4 is 5.97 Å². The highest BCUT2D eigenvalue weighted by atomic mass is 16.5. The van der Waals surface area contributed by atoms with Crippen LogP contribution in [0.3, 0.4) is 0 Å². The molecule has 3 nitrogen and oxygen atoms in total. The first kappa shape index (κ1) is 16.8. The second-order valence-electron chi connectivity index (χ2n) is 5.43. The molecular formula is C20H22O3. The fourth-order valence-electron chi connectivity index (χ4n) is 2.35. The Labute approximate surface area is 137 Å². The summed E-state index contributed by atoms with van der Waals surface area (Å²) in [6.07, 6.45) is 3.20. The molecule has 2 aromatic rings. The van der Waals surface area contributed by atoms with Crippen molar-refractivity contribution in [1.29, 1.82) is 0 Å². The lowest BCUT2D eigenvalue weighted by atomic mass is 10.0.